The summed E-state index contributed by atoms with van der Waals surface area (Å²) in [7, 11) is 1.72. The number of methoxy groups -OCH3 is 1. The molecule has 2 aliphatic rings. The summed E-state index contributed by atoms with van der Waals surface area (Å²) in [4.78, 5) is 18.8. The lowest BCUT2D eigenvalue weighted by atomic mass is 9.96. The van der Waals surface area contributed by atoms with E-state index in [1.165, 1.54) is 17.2 Å². The first-order chi connectivity index (χ1) is 18.0. The van der Waals surface area contributed by atoms with Crippen LogP contribution in [-0.4, -0.2) is 58.3 Å². The molecule has 1 aliphatic carbocycles. The van der Waals surface area contributed by atoms with E-state index in [-0.39, 0.29) is 29.8 Å². The second-order valence-electron chi connectivity index (χ2n) is 11.8. The maximum atomic E-state index is 14.6. The lowest BCUT2D eigenvalue weighted by Gasteiger charge is -2.40. The molecule has 2 heterocycles. The van der Waals surface area contributed by atoms with Gasteiger partial charge in [-0.3, -0.25) is 4.79 Å². The number of halogens is 1. The molecule has 5 rings (SSSR count). The van der Waals surface area contributed by atoms with Gasteiger partial charge in [-0.15, -0.1) is 0 Å². The number of nitrogens with zero attached hydrogens (tertiary/aromatic N) is 3. The van der Waals surface area contributed by atoms with Crippen molar-refractivity contribution in [3.8, 4) is 0 Å². The summed E-state index contributed by atoms with van der Waals surface area (Å²) in [5.41, 5.74) is 9.91. The van der Waals surface area contributed by atoms with E-state index in [0.717, 1.165) is 44.5 Å². The molecule has 0 saturated carbocycles. The number of amides is 1. The number of piperidine rings is 1. The standard InChI is InChI=1S/C30H39FN4O3/c1-17-10-24-26(14-23(17)31)35(29(33-24)30(3,4)37)25-8-9-34(16-27(25)38-5)15-19-11-21-7-6-20(13-22(21)12-19)18(2)28(32)36/h6-7,10,13-14,18-19,25,27,37H,8-9,11-12,15-16H2,1-5H3,(H2,32,36)/t18?,19-,25-,27-/m1/s1. The van der Waals surface area contributed by atoms with Gasteiger partial charge in [-0.1, -0.05) is 18.2 Å². The molecule has 3 aromatic rings. The molecule has 2 aromatic carbocycles. The van der Waals surface area contributed by atoms with Gasteiger partial charge in [-0.2, -0.15) is 0 Å². The monoisotopic (exact) mass is 522 g/mol. The molecule has 4 atom stereocenters. The van der Waals surface area contributed by atoms with Gasteiger partial charge in [-0.05, 0) is 81.2 Å². The minimum atomic E-state index is -1.18. The Bertz CT molecular complexity index is 1360. The summed E-state index contributed by atoms with van der Waals surface area (Å²) in [6.07, 6.45) is 2.69. The Balaban J connectivity index is 1.34. The summed E-state index contributed by atoms with van der Waals surface area (Å²) in [5, 5.41) is 11.0. The largest absolute Gasteiger partial charge is 0.383 e. The minimum Gasteiger partial charge on any atom is -0.383 e. The van der Waals surface area contributed by atoms with Crippen molar-refractivity contribution in [2.75, 3.05) is 26.7 Å². The number of carbonyl (C=O) groups excluding carboxylic acids is 1. The van der Waals surface area contributed by atoms with E-state index in [1.54, 1.807) is 33.9 Å². The summed E-state index contributed by atoms with van der Waals surface area (Å²) >= 11 is 0. The van der Waals surface area contributed by atoms with Crippen molar-refractivity contribution in [2.45, 2.75) is 70.6 Å². The van der Waals surface area contributed by atoms with Crippen LogP contribution in [0, 0.1) is 18.7 Å². The molecule has 1 fully saturated rings. The van der Waals surface area contributed by atoms with E-state index >= 15 is 0 Å². The number of aliphatic hydroxyl groups is 1. The number of primary amides is 1. The Morgan fingerprint density at radius 3 is 2.68 bits per heavy atom. The number of ether oxygens (including phenoxy) is 1. The fourth-order valence-electron chi connectivity index (χ4n) is 6.31. The number of benzene rings is 2. The van der Waals surface area contributed by atoms with Crippen LogP contribution in [0.2, 0.25) is 0 Å². The summed E-state index contributed by atoms with van der Waals surface area (Å²) in [6, 6.07) is 9.55. The number of likely N-dealkylation sites (tertiary alicyclic amines) is 1. The van der Waals surface area contributed by atoms with Crippen LogP contribution in [0.1, 0.15) is 67.2 Å². The van der Waals surface area contributed by atoms with Gasteiger partial charge in [0.15, 0.2) is 0 Å². The Morgan fingerprint density at radius 1 is 1.26 bits per heavy atom. The van der Waals surface area contributed by atoms with Crippen LogP contribution in [0.3, 0.4) is 0 Å². The summed E-state index contributed by atoms with van der Waals surface area (Å²) in [6.45, 7) is 9.61. The highest BCUT2D eigenvalue weighted by atomic mass is 19.1. The Kier molecular flexibility index (Phi) is 7.09. The predicted molar refractivity (Wildman–Crippen MR) is 146 cm³/mol. The Morgan fingerprint density at radius 2 is 2.00 bits per heavy atom. The first-order valence-corrected chi connectivity index (χ1v) is 13.5. The molecule has 8 heteroatoms. The highest BCUT2D eigenvalue weighted by molar-refractivity contribution is 5.81. The van der Waals surface area contributed by atoms with E-state index in [2.05, 4.69) is 17.0 Å². The van der Waals surface area contributed by atoms with Gasteiger partial charge in [-0.25, -0.2) is 9.37 Å². The van der Waals surface area contributed by atoms with Gasteiger partial charge < -0.3 is 25.0 Å². The average molecular weight is 523 g/mol. The SMILES string of the molecule is CO[C@@H]1CN(C[C@@H]2Cc3ccc(C(C)C(N)=O)cc3C2)CC[C@H]1n1c(C(C)(C)O)nc2cc(C)c(F)cc21. The van der Waals surface area contributed by atoms with Gasteiger partial charge >= 0.3 is 0 Å². The second-order valence-corrected chi connectivity index (χ2v) is 11.8. The molecule has 1 aliphatic heterocycles. The number of hydrogen-bond donors (Lipinski definition) is 2. The van der Waals surface area contributed by atoms with E-state index in [9.17, 15) is 14.3 Å². The molecule has 3 N–H and O–H groups in total. The molecule has 1 unspecified atom stereocenters. The van der Waals surface area contributed by atoms with E-state index in [1.807, 2.05) is 17.6 Å². The Hall–Kier alpha value is -2.81. The number of hydrogen-bond acceptors (Lipinski definition) is 5. The zero-order chi connectivity index (χ0) is 27.4. The van der Waals surface area contributed by atoms with E-state index in [0.29, 0.717) is 28.3 Å². The number of imidazole rings is 1. The van der Waals surface area contributed by atoms with Gasteiger partial charge in [0, 0.05) is 32.8 Å². The topological polar surface area (TPSA) is 93.6 Å². The first kappa shape index (κ1) is 26.8. The van der Waals surface area contributed by atoms with Gasteiger partial charge in [0.1, 0.15) is 17.2 Å². The van der Waals surface area contributed by atoms with Crippen LogP contribution >= 0.6 is 0 Å². The van der Waals surface area contributed by atoms with Gasteiger partial charge in [0.25, 0.3) is 0 Å². The fourth-order valence-corrected chi connectivity index (χ4v) is 6.31. The third-order valence-electron chi connectivity index (χ3n) is 8.45. The van der Waals surface area contributed by atoms with Gasteiger partial charge in [0.05, 0.1) is 29.1 Å². The molecule has 0 spiro atoms. The molecule has 1 amide bonds. The maximum absolute atomic E-state index is 14.6. The molecular formula is C30H39FN4O3. The maximum Gasteiger partial charge on any atom is 0.224 e. The zero-order valence-electron chi connectivity index (χ0n) is 23.0. The van der Waals surface area contributed by atoms with Crippen LogP contribution in [0.15, 0.2) is 30.3 Å². The second kappa shape index (κ2) is 10.1. The van der Waals surface area contributed by atoms with Gasteiger partial charge in [0.2, 0.25) is 5.91 Å². The third-order valence-corrected chi connectivity index (χ3v) is 8.45. The van der Waals surface area contributed by atoms with E-state index in [4.69, 9.17) is 15.5 Å². The smallest absolute Gasteiger partial charge is 0.224 e. The molecule has 1 saturated heterocycles. The van der Waals surface area contributed by atoms with Crippen molar-refractivity contribution in [3.63, 3.8) is 0 Å². The summed E-state index contributed by atoms with van der Waals surface area (Å²) in [5.74, 6) is 0.165. The molecular weight excluding hydrogens is 483 g/mol. The van der Waals surface area contributed by atoms with Crippen molar-refractivity contribution in [2.24, 2.45) is 11.7 Å². The molecule has 38 heavy (non-hydrogen) atoms. The number of aromatic nitrogens is 2. The predicted octanol–water partition coefficient (Wildman–Crippen LogP) is 3.98. The highest BCUT2D eigenvalue weighted by Gasteiger charge is 2.37. The molecule has 7 nitrogen and oxygen atoms in total. The van der Waals surface area contributed by atoms with Crippen molar-refractivity contribution in [1.29, 1.82) is 0 Å². The number of carbonyl (C=O) groups is 1. The van der Waals surface area contributed by atoms with Crippen LogP contribution in [0.4, 0.5) is 4.39 Å². The molecule has 204 valence electrons. The first-order valence-electron chi connectivity index (χ1n) is 13.5. The Labute approximate surface area is 223 Å². The number of fused-ring (bicyclic) bond motifs is 2. The van der Waals surface area contributed by atoms with Crippen molar-refractivity contribution in [3.05, 3.63) is 64.2 Å². The van der Waals surface area contributed by atoms with Crippen LogP contribution < -0.4 is 5.73 Å². The molecule has 0 radical (unpaired) electrons. The van der Waals surface area contributed by atoms with Crippen molar-refractivity contribution < 1.29 is 19.0 Å². The zero-order valence-corrected chi connectivity index (χ0v) is 23.0. The number of rotatable bonds is 7. The lowest BCUT2D eigenvalue weighted by Crippen LogP contribution is -2.47. The molecule has 1 aromatic heterocycles. The highest BCUT2D eigenvalue weighted by Crippen LogP contribution is 2.36. The van der Waals surface area contributed by atoms with Crippen molar-refractivity contribution in [1.82, 2.24) is 14.5 Å². The van der Waals surface area contributed by atoms with Crippen LogP contribution in [-0.2, 0) is 28.0 Å². The summed E-state index contributed by atoms with van der Waals surface area (Å²) < 4.78 is 22.6. The van der Waals surface area contributed by atoms with Crippen LogP contribution in [0.5, 0.6) is 0 Å². The number of aryl methyl sites for hydroxylation is 1. The van der Waals surface area contributed by atoms with Crippen LogP contribution in [0.25, 0.3) is 11.0 Å². The molecule has 0 bridgehead atoms. The minimum absolute atomic E-state index is 0.0663. The number of nitrogens with two attached hydrogens (primary N) is 1. The lowest BCUT2D eigenvalue weighted by molar-refractivity contribution is -0.119. The quantitative estimate of drug-likeness (QED) is 0.490. The fraction of sp³-hybridized carbons (Fsp3) is 0.533. The average Bonchev–Trinajstić information content (AvgIpc) is 3.43. The third kappa shape index (κ3) is 4.97. The van der Waals surface area contributed by atoms with Crippen molar-refractivity contribution >= 4 is 16.9 Å². The normalized spacial score (nSPS) is 23.1. The van der Waals surface area contributed by atoms with E-state index < -0.39 is 5.60 Å².